The van der Waals surface area contributed by atoms with Crippen LogP contribution in [0.2, 0.25) is 0 Å². The fourth-order valence-corrected chi connectivity index (χ4v) is 3.33. The molecule has 0 unspecified atom stereocenters. The Bertz CT molecular complexity index is 643. The molecule has 1 spiro atoms. The van der Waals surface area contributed by atoms with E-state index in [1.165, 1.54) is 19.2 Å². The minimum Gasteiger partial charge on any atom is -0.494 e. The summed E-state index contributed by atoms with van der Waals surface area (Å²) in [6.07, 6.45) is 1.89. The molecule has 7 heteroatoms. The highest BCUT2D eigenvalue weighted by molar-refractivity contribution is 6.07. The van der Waals surface area contributed by atoms with Crippen LogP contribution in [0.1, 0.15) is 37.4 Å². The van der Waals surface area contributed by atoms with Crippen LogP contribution in [-0.2, 0) is 4.79 Å². The van der Waals surface area contributed by atoms with Gasteiger partial charge in [-0.25, -0.2) is 9.18 Å². The lowest BCUT2D eigenvalue weighted by Crippen LogP contribution is -2.44. The maximum atomic E-state index is 13.7. The summed E-state index contributed by atoms with van der Waals surface area (Å²) >= 11 is 0. The van der Waals surface area contributed by atoms with Crippen LogP contribution in [0, 0.1) is 5.82 Å². The Morgan fingerprint density at radius 2 is 2.09 bits per heavy atom. The molecule has 1 aromatic rings. The lowest BCUT2D eigenvalue weighted by atomic mass is 9.98. The predicted molar refractivity (Wildman–Crippen MR) is 79.4 cm³/mol. The summed E-state index contributed by atoms with van der Waals surface area (Å²) < 4.78 is 18.5. The van der Waals surface area contributed by atoms with E-state index in [2.05, 4.69) is 5.32 Å². The van der Waals surface area contributed by atoms with Crippen molar-refractivity contribution < 1.29 is 23.8 Å². The summed E-state index contributed by atoms with van der Waals surface area (Å²) in [6.45, 7) is -0.196. The first kappa shape index (κ1) is 15.7. The topological polar surface area (TPSA) is 78.9 Å². The zero-order chi connectivity index (χ0) is 16.6. The number of hydrogen-bond donors (Lipinski definition) is 2. The fraction of sp³-hybridized carbons (Fsp3) is 0.500. The molecule has 124 valence electrons. The molecule has 1 saturated carbocycles. The summed E-state index contributed by atoms with van der Waals surface area (Å²) in [5.74, 6) is -0.831. The van der Waals surface area contributed by atoms with E-state index in [0.717, 1.165) is 23.8 Å². The van der Waals surface area contributed by atoms with Gasteiger partial charge in [0.15, 0.2) is 11.6 Å². The molecule has 0 aromatic heterocycles. The number of aliphatic hydroxyl groups excluding tert-OH is 1. The third-order valence-electron chi connectivity index (χ3n) is 4.62. The van der Waals surface area contributed by atoms with Crippen molar-refractivity contribution >= 4 is 11.9 Å². The number of methoxy groups -OCH3 is 1. The van der Waals surface area contributed by atoms with Gasteiger partial charge in [-0.3, -0.25) is 9.69 Å². The molecule has 1 atom stereocenters. The molecule has 23 heavy (non-hydrogen) atoms. The molecule has 2 aliphatic rings. The molecule has 1 saturated heterocycles. The van der Waals surface area contributed by atoms with Crippen molar-refractivity contribution in [2.45, 2.75) is 37.3 Å². The highest BCUT2D eigenvalue weighted by Crippen LogP contribution is 2.35. The van der Waals surface area contributed by atoms with Crippen molar-refractivity contribution in [1.29, 1.82) is 0 Å². The first-order valence-electron chi connectivity index (χ1n) is 7.62. The van der Waals surface area contributed by atoms with Gasteiger partial charge in [-0.05, 0) is 30.5 Å². The SMILES string of the molecule is COc1ccc([C@@H](O)CN2C(=O)NC3(CCCC3)C2=O)cc1F. The lowest BCUT2D eigenvalue weighted by molar-refractivity contribution is -0.132. The third-order valence-corrected chi connectivity index (χ3v) is 4.62. The Morgan fingerprint density at radius 3 is 2.70 bits per heavy atom. The molecule has 1 aromatic carbocycles. The number of aliphatic hydroxyl groups is 1. The number of imide groups is 1. The van der Waals surface area contributed by atoms with Gasteiger partial charge in [0.25, 0.3) is 5.91 Å². The van der Waals surface area contributed by atoms with Crippen LogP contribution in [0.3, 0.4) is 0 Å². The van der Waals surface area contributed by atoms with Gasteiger partial charge >= 0.3 is 6.03 Å². The van der Waals surface area contributed by atoms with E-state index < -0.39 is 23.5 Å². The van der Waals surface area contributed by atoms with Gasteiger partial charge in [-0.1, -0.05) is 18.9 Å². The highest BCUT2D eigenvalue weighted by Gasteiger charge is 2.52. The van der Waals surface area contributed by atoms with Crippen molar-refractivity contribution in [3.8, 4) is 5.75 Å². The average Bonchev–Trinajstić information content (AvgIpc) is 3.08. The van der Waals surface area contributed by atoms with Gasteiger partial charge in [0.2, 0.25) is 0 Å². The van der Waals surface area contributed by atoms with Crippen LogP contribution in [0.15, 0.2) is 18.2 Å². The number of hydrogen-bond acceptors (Lipinski definition) is 4. The van der Waals surface area contributed by atoms with Gasteiger partial charge in [0.1, 0.15) is 5.54 Å². The fourth-order valence-electron chi connectivity index (χ4n) is 3.33. The van der Waals surface area contributed by atoms with Crippen LogP contribution in [-0.4, -0.2) is 41.1 Å². The number of β-amino-alcohol motifs (C(OH)–C–C–N with tert-alkyl or cyclic N) is 1. The average molecular weight is 322 g/mol. The molecule has 0 bridgehead atoms. The van der Waals surface area contributed by atoms with E-state index in [1.54, 1.807) is 0 Å². The molecule has 0 radical (unpaired) electrons. The second-order valence-corrected chi connectivity index (χ2v) is 6.04. The van der Waals surface area contributed by atoms with Crippen molar-refractivity contribution in [3.63, 3.8) is 0 Å². The first-order chi connectivity index (χ1) is 11.0. The minimum atomic E-state index is -1.15. The number of urea groups is 1. The summed E-state index contributed by atoms with van der Waals surface area (Å²) in [5, 5.41) is 13.0. The van der Waals surface area contributed by atoms with Gasteiger partial charge in [-0.15, -0.1) is 0 Å². The zero-order valence-electron chi connectivity index (χ0n) is 12.8. The Kier molecular flexibility index (Phi) is 3.97. The van der Waals surface area contributed by atoms with E-state index in [0.29, 0.717) is 12.8 Å². The third kappa shape index (κ3) is 2.65. The number of benzene rings is 1. The number of rotatable bonds is 4. The largest absolute Gasteiger partial charge is 0.494 e. The maximum Gasteiger partial charge on any atom is 0.325 e. The Hall–Kier alpha value is -2.15. The van der Waals surface area contributed by atoms with Gasteiger partial charge in [-0.2, -0.15) is 0 Å². The molecule has 1 aliphatic heterocycles. The summed E-state index contributed by atoms with van der Waals surface area (Å²) in [5.41, 5.74) is -0.515. The number of carbonyl (C=O) groups is 2. The molecule has 2 N–H and O–H groups in total. The van der Waals surface area contributed by atoms with Crippen LogP contribution in [0.4, 0.5) is 9.18 Å². The second kappa shape index (κ2) is 5.81. The van der Waals surface area contributed by atoms with Crippen molar-refractivity contribution in [1.82, 2.24) is 10.2 Å². The van der Waals surface area contributed by atoms with Gasteiger partial charge in [0, 0.05) is 0 Å². The lowest BCUT2D eigenvalue weighted by Gasteiger charge is -2.21. The molecular formula is C16H19FN2O4. The van der Waals surface area contributed by atoms with Crippen molar-refractivity contribution in [2.24, 2.45) is 0 Å². The second-order valence-electron chi connectivity index (χ2n) is 6.04. The molecule has 2 fully saturated rings. The van der Waals surface area contributed by atoms with Crippen molar-refractivity contribution in [3.05, 3.63) is 29.6 Å². The van der Waals surface area contributed by atoms with Crippen LogP contribution in [0.5, 0.6) is 5.75 Å². The molecule has 6 nitrogen and oxygen atoms in total. The smallest absolute Gasteiger partial charge is 0.325 e. The predicted octanol–water partition coefficient (Wildman–Crippen LogP) is 1.73. The van der Waals surface area contributed by atoms with E-state index in [9.17, 15) is 19.1 Å². The summed E-state index contributed by atoms with van der Waals surface area (Å²) in [7, 11) is 1.35. The summed E-state index contributed by atoms with van der Waals surface area (Å²) in [6, 6.07) is 3.56. The minimum absolute atomic E-state index is 0.0702. The molecule has 3 rings (SSSR count). The number of carbonyl (C=O) groups excluding carboxylic acids is 2. The van der Waals surface area contributed by atoms with Gasteiger partial charge in [0.05, 0.1) is 19.8 Å². The van der Waals surface area contributed by atoms with Gasteiger partial charge < -0.3 is 15.2 Å². The van der Waals surface area contributed by atoms with Crippen LogP contribution in [0.25, 0.3) is 0 Å². The highest BCUT2D eigenvalue weighted by atomic mass is 19.1. The molecular weight excluding hydrogens is 303 g/mol. The first-order valence-corrected chi connectivity index (χ1v) is 7.62. The van der Waals surface area contributed by atoms with E-state index in [1.807, 2.05) is 0 Å². The number of nitrogens with one attached hydrogen (secondary N) is 1. The normalized spacial score (nSPS) is 20.9. The monoisotopic (exact) mass is 322 g/mol. The molecule has 3 amide bonds. The van der Waals surface area contributed by atoms with Crippen molar-refractivity contribution in [2.75, 3.05) is 13.7 Å². The van der Waals surface area contributed by atoms with Crippen LogP contribution >= 0.6 is 0 Å². The number of halogens is 1. The Balaban J connectivity index is 1.75. The number of nitrogens with zero attached hydrogens (tertiary/aromatic N) is 1. The standard InChI is InChI=1S/C16H19FN2O4/c1-23-13-5-4-10(8-11(13)17)12(20)9-19-14(21)16(18-15(19)22)6-2-3-7-16/h4-5,8,12,20H,2-3,6-7,9H2,1H3,(H,18,22)/t12-/m0/s1. The zero-order valence-corrected chi connectivity index (χ0v) is 12.8. The van der Waals surface area contributed by atoms with Crippen LogP contribution < -0.4 is 10.1 Å². The summed E-state index contributed by atoms with van der Waals surface area (Å²) in [4.78, 5) is 25.6. The number of ether oxygens (including phenoxy) is 1. The van der Waals surface area contributed by atoms with E-state index in [4.69, 9.17) is 4.74 Å². The van der Waals surface area contributed by atoms with E-state index >= 15 is 0 Å². The quantitative estimate of drug-likeness (QED) is 0.828. The Labute approximate surface area is 133 Å². The molecule has 1 aliphatic carbocycles. The molecule has 1 heterocycles. The maximum absolute atomic E-state index is 13.7. The Morgan fingerprint density at radius 1 is 1.39 bits per heavy atom. The van der Waals surface area contributed by atoms with E-state index in [-0.39, 0.29) is 23.8 Å². The number of amides is 3.